The molecule has 2 aliphatic heterocycles. The first-order chi connectivity index (χ1) is 20.9. The van der Waals surface area contributed by atoms with Crippen LogP contribution in [0.4, 0.5) is 0 Å². The molecular formula is C36H38Cl2N2S2Si. The maximum atomic E-state index is 6.36. The van der Waals surface area contributed by atoms with Crippen LogP contribution in [0.5, 0.6) is 0 Å². The zero-order valence-corrected chi connectivity index (χ0v) is 29.0. The van der Waals surface area contributed by atoms with E-state index in [2.05, 4.69) is 106 Å². The highest BCUT2D eigenvalue weighted by Crippen LogP contribution is 2.28. The van der Waals surface area contributed by atoms with Crippen LogP contribution in [0.3, 0.4) is 0 Å². The van der Waals surface area contributed by atoms with Gasteiger partial charge in [-0.3, -0.25) is 9.80 Å². The molecule has 2 aromatic heterocycles. The van der Waals surface area contributed by atoms with E-state index in [1.807, 2.05) is 35.6 Å². The average Bonchev–Trinajstić information content (AvgIpc) is 3.67. The summed E-state index contributed by atoms with van der Waals surface area (Å²) in [5.41, 5.74) is 5.48. The number of thiophene rings is 2. The van der Waals surface area contributed by atoms with Crippen molar-refractivity contribution in [1.29, 1.82) is 0 Å². The van der Waals surface area contributed by atoms with Crippen molar-refractivity contribution in [3.8, 4) is 0 Å². The van der Waals surface area contributed by atoms with Gasteiger partial charge in [-0.2, -0.15) is 0 Å². The van der Waals surface area contributed by atoms with Crippen molar-refractivity contribution < 1.29 is 0 Å². The lowest BCUT2D eigenvalue weighted by Gasteiger charge is -2.27. The first-order valence-electron chi connectivity index (χ1n) is 15.0. The molecule has 7 rings (SSSR count). The largest absolute Gasteiger partial charge is 0.294 e. The van der Waals surface area contributed by atoms with Gasteiger partial charge in [0.05, 0.1) is 0 Å². The quantitative estimate of drug-likeness (QED) is 0.168. The molecular weight excluding hydrogens is 624 g/mol. The second kappa shape index (κ2) is 13.8. The summed E-state index contributed by atoms with van der Waals surface area (Å²) in [6.45, 7) is 11.2. The molecule has 0 fully saturated rings. The molecule has 0 saturated heterocycles. The Morgan fingerprint density at radius 2 is 1.23 bits per heavy atom. The summed E-state index contributed by atoms with van der Waals surface area (Å²) in [7, 11) is -1.60. The van der Waals surface area contributed by atoms with Crippen LogP contribution in [0.15, 0.2) is 96.4 Å². The lowest BCUT2D eigenvalue weighted by molar-refractivity contribution is 0.247. The minimum atomic E-state index is -1.60. The van der Waals surface area contributed by atoms with E-state index in [1.165, 1.54) is 33.9 Å². The highest BCUT2D eigenvalue weighted by atomic mass is 35.5. The Hall–Kier alpha value is -2.22. The van der Waals surface area contributed by atoms with E-state index in [4.69, 9.17) is 23.2 Å². The SMILES string of the molecule is C[Si](C)(c1ccccc1)c1cc2c(s1)CCN(Cc1ccccc1Cl)C2.Clc1ccccc1CN1CCc2sccc2C1. The first-order valence-corrected chi connectivity index (χ1v) is 20.5. The molecule has 2 aliphatic rings. The number of benzene rings is 3. The van der Waals surface area contributed by atoms with Crippen LogP contribution in [0.2, 0.25) is 23.1 Å². The highest BCUT2D eigenvalue weighted by molar-refractivity contribution is 7.29. The number of fused-ring (bicyclic) bond motifs is 2. The van der Waals surface area contributed by atoms with Crippen molar-refractivity contribution in [3.05, 3.63) is 138 Å². The maximum Gasteiger partial charge on any atom is 0.124 e. The van der Waals surface area contributed by atoms with Gasteiger partial charge in [-0.05, 0) is 69.2 Å². The third kappa shape index (κ3) is 7.37. The van der Waals surface area contributed by atoms with Crippen molar-refractivity contribution >= 4 is 63.6 Å². The van der Waals surface area contributed by atoms with E-state index < -0.39 is 8.07 Å². The van der Waals surface area contributed by atoms with E-state index in [-0.39, 0.29) is 0 Å². The molecule has 0 unspecified atom stereocenters. The number of hydrogen-bond acceptors (Lipinski definition) is 4. The highest BCUT2D eigenvalue weighted by Gasteiger charge is 2.30. The molecule has 0 radical (unpaired) electrons. The third-order valence-electron chi connectivity index (χ3n) is 8.65. The number of halogens is 2. The number of hydrogen-bond donors (Lipinski definition) is 0. The van der Waals surface area contributed by atoms with Crippen molar-refractivity contribution in [1.82, 2.24) is 9.80 Å². The lowest BCUT2D eigenvalue weighted by atomic mass is 10.1. The van der Waals surface area contributed by atoms with Gasteiger partial charge in [0.25, 0.3) is 0 Å². The van der Waals surface area contributed by atoms with Gasteiger partial charge in [0.1, 0.15) is 8.07 Å². The summed E-state index contributed by atoms with van der Waals surface area (Å²) in [5, 5.41) is 5.47. The molecule has 2 nitrogen and oxygen atoms in total. The zero-order chi connectivity index (χ0) is 29.8. The fourth-order valence-electron chi connectivity index (χ4n) is 6.01. The minimum Gasteiger partial charge on any atom is -0.294 e. The maximum absolute atomic E-state index is 6.36. The Kier molecular flexibility index (Phi) is 9.90. The molecule has 0 bridgehead atoms. The molecule has 0 amide bonds. The Balaban J connectivity index is 0.000000167. The van der Waals surface area contributed by atoms with E-state index in [0.717, 1.165) is 55.7 Å². The fourth-order valence-corrected chi connectivity index (χ4v) is 11.8. The second-order valence-corrected chi connectivity index (χ2v) is 19.7. The summed E-state index contributed by atoms with van der Waals surface area (Å²) in [5.74, 6) is 0. The van der Waals surface area contributed by atoms with Gasteiger partial charge in [-0.15, -0.1) is 22.7 Å². The van der Waals surface area contributed by atoms with Crippen LogP contribution in [0.25, 0.3) is 0 Å². The molecule has 43 heavy (non-hydrogen) atoms. The van der Waals surface area contributed by atoms with Crippen LogP contribution in [0, 0.1) is 0 Å². The molecule has 3 aromatic carbocycles. The average molecular weight is 662 g/mol. The molecule has 4 heterocycles. The van der Waals surface area contributed by atoms with E-state index in [1.54, 1.807) is 14.3 Å². The molecule has 7 heteroatoms. The number of rotatable bonds is 6. The molecule has 0 aliphatic carbocycles. The topological polar surface area (TPSA) is 6.48 Å². The van der Waals surface area contributed by atoms with Crippen molar-refractivity contribution in [3.63, 3.8) is 0 Å². The molecule has 0 saturated carbocycles. The Labute approximate surface area is 275 Å². The van der Waals surface area contributed by atoms with Crippen LogP contribution in [-0.2, 0) is 39.0 Å². The van der Waals surface area contributed by atoms with Crippen molar-refractivity contribution in [2.24, 2.45) is 0 Å². The van der Waals surface area contributed by atoms with E-state index in [9.17, 15) is 0 Å². The van der Waals surface area contributed by atoms with Gasteiger partial charge in [-0.1, -0.05) is 108 Å². The van der Waals surface area contributed by atoms with Gasteiger partial charge < -0.3 is 0 Å². The van der Waals surface area contributed by atoms with Crippen LogP contribution in [-0.4, -0.2) is 31.0 Å². The van der Waals surface area contributed by atoms with Crippen LogP contribution < -0.4 is 9.69 Å². The van der Waals surface area contributed by atoms with Crippen LogP contribution >= 0.6 is 45.9 Å². The first kappa shape index (κ1) is 30.8. The fraction of sp³-hybridized carbons (Fsp3) is 0.278. The molecule has 0 spiro atoms. The number of nitrogens with zero attached hydrogens (tertiary/aromatic N) is 2. The monoisotopic (exact) mass is 660 g/mol. The third-order valence-corrected chi connectivity index (χ3v) is 16.4. The van der Waals surface area contributed by atoms with E-state index >= 15 is 0 Å². The summed E-state index contributed by atoms with van der Waals surface area (Å²) in [4.78, 5) is 8.14. The normalized spacial score (nSPS) is 15.3. The van der Waals surface area contributed by atoms with E-state index in [0.29, 0.717) is 0 Å². The predicted octanol–water partition coefficient (Wildman–Crippen LogP) is 8.74. The van der Waals surface area contributed by atoms with Gasteiger partial charge in [-0.25, -0.2) is 0 Å². The minimum absolute atomic E-state index is 0.877. The Bertz CT molecular complexity index is 1660. The van der Waals surface area contributed by atoms with Gasteiger partial charge >= 0.3 is 0 Å². The Morgan fingerprint density at radius 1 is 0.674 bits per heavy atom. The summed E-state index contributed by atoms with van der Waals surface area (Å²) in [6, 6.07) is 32.1. The zero-order valence-electron chi connectivity index (χ0n) is 24.9. The van der Waals surface area contributed by atoms with Gasteiger partial charge in [0.15, 0.2) is 0 Å². The van der Waals surface area contributed by atoms with Crippen LogP contribution in [0.1, 0.15) is 32.0 Å². The second-order valence-electron chi connectivity index (χ2n) is 12.0. The Morgan fingerprint density at radius 3 is 1.86 bits per heavy atom. The molecule has 222 valence electrons. The van der Waals surface area contributed by atoms with Crippen molar-refractivity contribution in [2.75, 3.05) is 13.1 Å². The van der Waals surface area contributed by atoms with Gasteiger partial charge in [0.2, 0.25) is 0 Å². The lowest BCUT2D eigenvalue weighted by Crippen LogP contribution is -2.51. The predicted molar refractivity (Wildman–Crippen MR) is 190 cm³/mol. The molecule has 5 aromatic rings. The molecule has 0 atom stereocenters. The summed E-state index contributed by atoms with van der Waals surface area (Å²) >= 11 is 16.5. The summed E-state index contributed by atoms with van der Waals surface area (Å²) < 4.78 is 1.60. The van der Waals surface area contributed by atoms with Crippen molar-refractivity contribution in [2.45, 2.75) is 52.1 Å². The summed E-state index contributed by atoms with van der Waals surface area (Å²) in [6.07, 6.45) is 2.33. The standard InChI is InChI=1S/C22H24ClNSSi.C14H14ClNS/c1-26(2,19-9-4-3-5-10-19)22-14-18-16-24(13-12-21(18)25-22)15-17-8-6-7-11-20(17)23;15-13-4-2-1-3-11(13)9-16-7-5-14-12(10-16)6-8-17-14/h3-11,14H,12-13,15-16H2,1-2H3;1-4,6,8H,5,7,9-10H2. The molecule has 0 N–H and O–H groups in total. The smallest absolute Gasteiger partial charge is 0.124 e. The van der Waals surface area contributed by atoms with Gasteiger partial charge in [0, 0.05) is 59.1 Å².